The Morgan fingerprint density at radius 1 is 1.38 bits per heavy atom. The fourth-order valence-corrected chi connectivity index (χ4v) is 3.58. The first-order valence-electron chi connectivity index (χ1n) is 8.22. The zero-order valence-electron chi connectivity index (χ0n) is 14.0. The number of rotatable bonds is 5. The summed E-state index contributed by atoms with van der Waals surface area (Å²) < 4.78 is 1.82. The highest BCUT2D eigenvalue weighted by Gasteiger charge is 2.20. The van der Waals surface area contributed by atoms with Gasteiger partial charge in [-0.15, -0.1) is 12.4 Å². The maximum Gasteiger partial charge on any atom is 0.271 e. The number of benzene rings is 1. The van der Waals surface area contributed by atoms with Crippen molar-refractivity contribution in [2.24, 2.45) is 0 Å². The Morgan fingerprint density at radius 2 is 2.12 bits per heavy atom. The smallest absolute Gasteiger partial charge is 0.271 e. The molecule has 1 aromatic carbocycles. The largest absolute Gasteiger partial charge is 0.386 e. The van der Waals surface area contributed by atoms with Crippen molar-refractivity contribution >= 4 is 41.5 Å². The zero-order chi connectivity index (χ0) is 17.8. The highest BCUT2D eigenvalue weighted by molar-refractivity contribution is 6.36. The molecule has 2 aromatic rings. The highest BCUT2D eigenvalue weighted by atomic mass is 35.5. The van der Waals surface area contributed by atoms with Crippen LogP contribution in [-0.4, -0.2) is 40.4 Å². The first-order chi connectivity index (χ1) is 12.1. The van der Waals surface area contributed by atoms with Crippen molar-refractivity contribution in [2.45, 2.75) is 25.0 Å². The summed E-state index contributed by atoms with van der Waals surface area (Å²) in [6.07, 6.45) is 2.96. The van der Waals surface area contributed by atoms with Crippen LogP contribution in [0.2, 0.25) is 10.0 Å². The summed E-state index contributed by atoms with van der Waals surface area (Å²) >= 11 is 12.1. The molecule has 9 heteroatoms. The Morgan fingerprint density at radius 3 is 2.77 bits per heavy atom. The molecule has 26 heavy (non-hydrogen) atoms. The Labute approximate surface area is 168 Å². The van der Waals surface area contributed by atoms with Crippen LogP contribution < -0.4 is 10.6 Å². The molecule has 0 radical (unpaired) electrons. The van der Waals surface area contributed by atoms with Gasteiger partial charge in [-0.05, 0) is 37.6 Å². The fraction of sp³-hybridized carbons (Fsp3) is 0.412. The van der Waals surface area contributed by atoms with Crippen molar-refractivity contribution in [3.63, 3.8) is 0 Å². The van der Waals surface area contributed by atoms with E-state index in [0.29, 0.717) is 21.3 Å². The van der Waals surface area contributed by atoms with Gasteiger partial charge in [0, 0.05) is 34.9 Å². The van der Waals surface area contributed by atoms with Crippen LogP contribution in [0.1, 0.15) is 41.0 Å². The lowest BCUT2D eigenvalue weighted by molar-refractivity contribution is 0.0910. The minimum atomic E-state index is -0.991. The fourth-order valence-electron chi connectivity index (χ4n) is 2.93. The van der Waals surface area contributed by atoms with Crippen LogP contribution in [0, 0.1) is 0 Å². The van der Waals surface area contributed by atoms with Crippen LogP contribution in [0.4, 0.5) is 0 Å². The maximum absolute atomic E-state index is 12.3. The van der Waals surface area contributed by atoms with Crippen molar-refractivity contribution in [3.05, 3.63) is 51.8 Å². The molecule has 0 bridgehead atoms. The molecule has 0 spiro atoms. The summed E-state index contributed by atoms with van der Waals surface area (Å²) in [6.45, 7) is 1.88. The molecule has 2 unspecified atom stereocenters. The van der Waals surface area contributed by atoms with Crippen LogP contribution in [-0.2, 0) is 0 Å². The molecule has 3 N–H and O–H groups in total. The van der Waals surface area contributed by atoms with E-state index in [1.807, 2.05) is 10.9 Å². The van der Waals surface area contributed by atoms with Gasteiger partial charge in [0.2, 0.25) is 0 Å². The van der Waals surface area contributed by atoms with Gasteiger partial charge < -0.3 is 15.7 Å². The molecular weight excluding hydrogens is 399 g/mol. The van der Waals surface area contributed by atoms with E-state index in [4.69, 9.17) is 23.2 Å². The van der Waals surface area contributed by atoms with Crippen LogP contribution in [0.15, 0.2) is 30.5 Å². The number of hydrogen-bond acceptors (Lipinski definition) is 4. The lowest BCUT2D eigenvalue weighted by Gasteiger charge is -2.22. The number of piperidine rings is 1. The molecule has 0 aliphatic carbocycles. The monoisotopic (exact) mass is 418 g/mol. The van der Waals surface area contributed by atoms with Gasteiger partial charge in [-0.25, -0.2) is 0 Å². The van der Waals surface area contributed by atoms with Gasteiger partial charge in [0.05, 0.1) is 12.1 Å². The summed E-state index contributed by atoms with van der Waals surface area (Å²) in [7, 11) is 0. The van der Waals surface area contributed by atoms with Crippen molar-refractivity contribution in [1.29, 1.82) is 0 Å². The number of nitrogens with zero attached hydrogens (tertiary/aromatic N) is 2. The molecule has 1 amide bonds. The Hall–Kier alpha value is -1.31. The third kappa shape index (κ3) is 4.90. The molecule has 1 aliphatic heterocycles. The highest BCUT2D eigenvalue weighted by Crippen LogP contribution is 2.29. The number of nitrogens with one attached hydrogen (secondary N) is 2. The molecule has 1 aliphatic rings. The van der Waals surface area contributed by atoms with E-state index in [9.17, 15) is 9.90 Å². The van der Waals surface area contributed by atoms with E-state index < -0.39 is 6.10 Å². The van der Waals surface area contributed by atoms with Gasteiger partial charge in [0.15, 0.2) is 0 Å². The predicted molar refractivity (Wildman–Crippen MR) is 104 cm³/mol. The van der Waals surface area contributed by atoms with Crippen molar-refractivity contribution in [2.75, 3.05) is 19.6 Å². The van der Waals surface area contributed by atoms with Gasteiger partial charge >= 0.3 is 0 Å². The average molecular weight is 420 g/mol. The van der Waals surface area contributed by atoms with E-state index in [-0.39, 0.29) is 30.9 Å². The molecule has 0 saturated carbocycles. The number of carbonyl (C=O) groups is 1. The minimum absolute atomic E-state index is 0. The zero-order valence-corrected chi connectivity index (χ0v) is 16.3. The van der Waals surface area contributed by atoms with Crippen LogP contribution in [0.25, 0.3) is 0 Å². The SMILES string of the molecule is Cl.O=C(NCC(O)c1c(Cl)cccc1Cl)c1ccn(C2CCCNC2)n1. The van der Waals surface area contributed by atoms with Crippen LogP contribution in [0.5, 0.6) is 0 Å². The van der Waals surface area contributed by atoms with E-state index >= 15 is 0 Å². The molecular formula is C17H21Cl3N4O2. The first kappa shape index (κ1) is 21.0. The van der Waals surface area contributed by atoms with Gasteiger partial charge in [0.1, 0.15) is 5.69 Å². The summed E-state index contributed by atoms with van der Waals surface area (Å²) in [5.74, 6) is -0.343. The molecule has 2 atom stereocenters. The molecule has 3 rings (SSSR count). The van der Waals surface area contributed by atoms with Crippen molar-refractivity contribution in [1.82, 2.24) is 20.4 Å². The number of halogens is 3. The second-order valence-corrected chi connectivity index (χ2v) is 6.86. The third-order valence-corrected chi connectivity index (χ3v) is 4.93. The standard InChI is InChI=1S/C17H20Cl2N4O2.ClH/c18-12-4-1-5-13(19)16(12)15(24)10-21-17(25)14-6-8-23(22-14)11-3-2-7-20-9-11;/h1,4-6,8,11,15,20,24H,2-3,7,9-10H2,(H,21,25);1H. The van der Waals surface area contributed by atoms with E-state index in [1.165, 1.54) is 0 Å². The Bertz CT molecular complexity index is 727. The molecule has 1 aromatic heterocycles. The topological polar surface area (TPSA) is 79.2 Å². The number of aliphatic hydroxyl groups is 1. The number of amides is 1. The number of carbonyl (C=O) groups excluding carboxylic acids is 1. The molecule has 1 fully saturated rings. The lowest BCUT2D eigenvalue weighted by atomic mass is 10.1. The summed E-state index contributed by atoms with van der Waals surface area (Å²) in [5, 5.41) is 21.3. The van der Waals surface area contributed by atoms with E-state index in [0.717, 1.165) is 25.9 Å². The van der Waals surface area contributed by atoms with Gasteiger partial charge in [-0.1, -0.05) is 29.3 Å². The van der Waals surface area contributed by atoms with Crippen LogP contribution >= 0.6 is 35.6 Å². The van der Waals surface area contributed by atoms with Crippen LogP contribution in [0.3, 0.4) is 0 Å². The van der Waals surface area contributed by atoms with Gasteiger partial charge in [-0.3, -0.25) is 9.48 Å². The minimum Gasteiger partial charge on any atom is -0.386 e. The summed E-state index contributed by atoms with van der Waals surface area (Å²) in [4.78, 5) is 12.3. The third-order valence-electron chi connectivity index (χ3n) is 4.27. The van der Waals surface area contributed by atoms with E-state index in [2.05, 4.69) is 15.7 Å². The molecule has 2 heterocycles. The average Bonchev–Trinajstić information content (AvgIpc) is 3.10. The summed E-state index contributed by atoms with van der Waals surface area (Å²) in [6, 6.07) is 6.94. The molecule has 1 saturated heterocycles. The Kier molecular flexibility index (Phi) is 7.73. The predicted octanol–water partition coefficient (Wildman–Crippen LogP) is 3.00. The second-order valence-electron chi connectivity index (χ2n) is 6.04. The van der Waals surface area contributed by atoms with Crippen molar-refractivity contribution in [3.8, 4) is 0 Å². The number of aromatic nitrogens is 2. The second kappa shape index (κ2) is 9.58. The van der Waals surface area contributed by atoms with E-state index in [1.54, 1.807) is 24.3 Å². The molecule has 142 valence electrons. The number of aliphatic hydroxyl groups excluding tert-OH is 1. The van der Waals surface area contributed by atoms with Gasteiger partial charge in [0.25, 0.3) is 5.91 Å². The van der Waals surface area contributed by atoms with Gasteiger partial charge in [-0.2, -0.15) is 5.10 Å². The Balaban J connectivity index is 0.00000243. The molecule has 6 nitrogen and oxygen atoms in total. The lowest BCUT2D eigenvalue weighted by Crippen LogP contribution is -2.32. The van der Waals surface area contributed by atoms with Crippen molar-refractivity contribution < 1.29 is 9.90 Å². The number of hydrogen-bond donors (Lipinski definition) is 3. The quantitative estimate of drug-likeness (QED) is 0.696. The summed E-state index contributed by atoms with van der Waals surface area (Å²) in [5.41, 5.74) is 0.730. The maximum atomic E-state index is 12.3. The first-order valence-corrected chi connectivity index (χ1v) is 8.98. The normalized spacial score (nSPS) is 18.0.